The molecular weight excluding hydrogens is 440 g/mol. The van der Waals surface area contributed by atoms with Crippen molar-refractivity contribution in [1.29, 1.82) is 0 Å². The lowest BCUT2D eigenvalue weighted by Crippen LogP contribution is -2.48. The van der Waals surface area contributed by atoms with Crippen LogP contribution in [0.3, 0.4) is 0 Å². The van der Waals surface area contributed by atoms with Crippen molar-refractivity contribution in [3.8, 4) is 11.5 Å². The Morgan fingerprint density at radius 1 is 0.939 bits per heavy atom. The molecule has 0 saturated carbocycles. The number of rotatable bonds is 5. The van der Waals surface area contributed by atoms with Gasteiger partial charge >= 0.3 is 0 Å². The number of carbonyl (C=O) groups excluding carboxylic acids is 1. The lowest BCUT2D eigenvalue weighted by atomic mass is 10.1. The van der Waals surface area contributed by atoms with E-state index in [2.05, 4.69) is 9.88 Å². The molecule has 1 fully saturated rings. The van der Waals surface area contributed by atoms with Crippen LogP contribution in [0.15, 0.2) is 72.8 Å². The van der Waals surface area contributed by atoms with E-state index >= 15 is 0 Å². The smallest absolute Gasteiger partial charge is 0.270 e. The zero-order chi connectivity index (χ0) is 22.8. The summed E-state index contributed by atoms with van der Waals surface area (Å²) in [6, 6.07) is 21.4. The van der Waals surface area contributed by atoms with Crippen LogP contribution >= 0.6 is 11.3 Å². The highest BCUT2D eigenvalue weighted by Gasteiger charge is 2.24. The van der Waals surface area contributed by atoms with Gasteiger partial charge in [-0.1, -0.05) is 35.6 Å². The van der Waals surface area contributed by atoms with Gasteiger partial charge in [-0.25, -0.2) is 4.98 Å². The molecule has 4 aromatic rings. The van der Waals surface area contributed by atoms with E-state index < -0.39 is 4.92 Å². The predicted molar refractivity (Wildman–Crippen MR) is 127 cm³/mol. The number of non-ortho nitro benzene ring substituents is 1. The van der Waals surface area contributed by atoms with Gasteiger partial charge in [0.2, 0.25) is 0 Å². The number of benzene rings is 3. The quantitative estimate of drug-likeness (QED) is 0.309. The molecule has 166 valence electrons. The van der Waals surface area contributed by atoms with Crippen LogP contribution in [0.25, 0.3) is 10.2 Å². The zero-order valence-corrected chi connectivity index (χ0v) is 18.4. The van der Waals surface area contributed by atoms with Gasteiger partial charge in [0.25, 0.3) is 11.6 Å². The number of nitro benzene ring substituents is 1. The number of nitro groups is 1. The van der Waals surface area contributed by atoms with E-state index in [0.29, 0.717) is 37.5 Å². The van der Waals surface area contributed by atoms with Crippen molar-refractivity contribution in [2.75, 3.05) is 31.1 Å². The van der Waals surface area contributed by atoms with Crippen molar-refractivity contribution < 1.29 is 14.5 Å². The maximum absolute atomic E-state index is 13.1. The summed E-state index contributed by atoms with van der Waals surface area (Å²) in [6.45, 7) is 2.43. The van der Waals surface area contributed by atoms with Gasteiger partial charge < -0.3 is 14.5 Å². The van der Waals surface area contributed by atoms with Gasteiger partial charge in [0.15, 0.2) is 5.13 Å². The summed E-state index contributed by atoms with van der Waals surface area (Å²) in [4.78, 5) is 32.2. The average molecular weight is 461 g/mol. The minimum atomic E-state index is -0.400. The summed E-state index contributed by atoms with van der Waals surface area (Å²) < 4.78 is 6.64. The van der Waals surface area contributed by atoms with Gasteiger partial charge in [0.05, 0.1) is 15.1 Å². The molecule has 3 aromatic carbocycles. The van der Waals surface area contributed by atoms with E-state index in [1.54, 1.807) is 24.3 Å². The Morgan fingerprint density at radius 2 is 1.70 bits per heavy atom. The number of thiazole rings is 1. The molecule has 33 heavy (non-hydrogen) atoms. The minimum absolute atomic E-state index is 0.0342. The Bertz CT molecular complexity index is 1320. The first kappa shape index (κ1) is 20.9. The highest BCUT2D eigenvalue weighted by molar-refractivity contribution is 7.22. The fourth-order valence-electron chi connectivity index (χ4n) is 3.75. The highest BCUT2D eigenvalue weighted by Crippen LogP contribution is 2.32. The number of piperazine rings is 1. The second-order valence-corrected chi connectivity index (χ2v) is 8.64. The Balaban J connectivity index is 1.25. The molecule has 8 nitrogen and oxygen atoms in total. The molecule has 2 heterocycles. The third kappa shape index (κ3) is 4.49. The molecule has 1 saturated heterocycles. The van der Waals surface area contributed by atoms with E-state index in [1.165, 1.54) is 17.4 Å². The van der Waals surface area contributed by atoms with Crippen molar-refractivity contribution in [1.82, 2.24) is 9.88 Å². The molecule has 0 N–H and O–H groups in total. The van der Waals surface area contributed by atoms with E-state index in [9.17, 15) is 14.9 Å². The maximum Gasteiger partial charge on any atom is 0.270 e. The second kappa shape index (κ2) is 8.87. The summed E-state index contributed by atoms with van der Waals surface area (Å²) in [5.41, 5.74) is 1.39. The number of anilines is 1. The molecule has 0 radical (unpaired) electrons. The third-order valence-electron chi connectivity index (χ3n) is 5.47. The molecule has 0 spiro atoms. The summed E-state index contributed by atoms with van der Waals surface area (Å²) in [7, 11) is 0. The topological polar surface area (TPSA) is 88.8 Å². The molecular formula is C24H20N4O4S. The fraction of sp³-hybridized carbons (Fsp3) is 0.167. The minimum Gasteiger partial charge on any atom is -0.457 e. The van der Waals surface area contributed by atoms with Crippen LogP contribution in [0.2, 0.25) is 0 Å². The highest BCUT2D eigenvalue weighted by atomic mass is 32.1. The molecule has 0 bridgehead atoms. The molecule has 0 unspecified atom stereocenters. The number of para-hydroxylation sites is 1. The van der Waals surface area contributed by atoms with Crippen molar-refractivity contribution in [2.45, 2.75) is 0 Å². The second-order valence-electron chi connectivity index (χ2n) is 7.63. The molecule has 1 aliphatic rings. The number of nitrogens with zero attached hydrogens (tertiary/aromatic N) is 4. The van der Waals surface area contributed by atoms with Crippen LogP contribution in [0.4, 0.5) is 10.8 Å². The monoisotopic (exact) mass is 460 g/mol. The summed E-state index contributed by atoms with van der Waals surface area (Å²) in [5.74, 6) is 1.30. The van der Waals surface area contributed by atoms with Crippen LogP contribution in [0, 0.1) is 10.1 Å². The number of carbonyl (C=O) groups is 1. The van der Waals surface area contributed by atoms with Crippen LogP contribution in [-0.2, 0) is 0 Å². The fourth-order valence-corrected chi connectivity index (χ4v) is 4.80. The van der Waals surface area contributed by atoms with Crippen molar-refractivity contribution >= 4 is 38.3 Å². The van der Waals surface area contributed by atoms with Gasteiger partial charge in [-0.2, -0.15) is 0 Å². The maximum atomic E-state index is 13.1. The number of amides is 1. The van der Waals surface area contributed by atoms with Gasteiger partial charge in [-0.05, 0) is 36.4 Å². The number of hydrogen-bond donors (Lipinski definition) is 0. The van der Waals surface area contributed by atoms with Crippen LogP contribution in [-0.4, -0.2) is 46.9 Å². The molecule has 9 heteroatoms. The van der Waals surface area contributed by atoms with Crippen molar-refractivity contribution in [2.24, 2.45) is 0 Å². The van der Waals surface area contributed by atoms with E-state index in [0.717, 1.165) is 21.1 Å². The van der Waals surface area contributed by atoms with Crippen LogP contribution in [0.5, 0.6) is 11.5 Å². The first-order chi connectivity index (χ1) is 16.1. The normalized spacial score (nSPS) is 13.8. The molecule has 5 rings (SSSR count). The lowest BCUT2D eigenvalue weighted by molar-refractivity contribution is -0.384. The van der Waals surface area contributed by atoms with Gasteiger partial charge in [-0.15, -0.1) is 0 Å². The van der Waals surface area contributed by atoms with Gasteiger partial charge in [0, 0.05) is 43.9 Å². The number of ether oxygens (including phenoxy) is 1. The van der Waals surface area contributed by atoms with E-state index in [1.807, 2.05) is 47.4 Å². The molecule has 1 aromatic heterocycles. The lowest BCUT2D eigenvalue weighted by Gasteiger charge is -2.34. The van der Waals surface area contributed by atoms with E-state index in [4.69, 9.17) is 4.74 Å². The number of fused-ring (bicyclic) bond motifs is 1. The molecule has 1 aliphatic heterocycles. The van der Waals surface area contributed by atoms with Crippen molar-refractivity contribution in [3.63, 3.8) is 0 Å². The SMILES string of the molecule is O=C(c1cccc(Oc2ccccc2)c1)N1CCN(c2nc3ccc([N+](=O)[O-])cc3s2)CC1. The Kier molecular flexibility index (Phi) is 5.62. The number of hydrogen-bond acceptors (Lipinski definition) is 7. The number of aromatic nitrogens is 1. The summed E-state index contributed by atoms with van der Waals surface area (Å²) in [5, 5.41) is 11.8. The Morgan fingerprint density at radius 3 is 2.45 bits per heavy atom. The van der Waals surface area contributed by atoms with Crippen molar-refractivity contribution in [3.05, 3.63) is 88.5 Å². The molecule has 0 atom stereocenters. The largest absolute Gasteiger partial charge is 0.457 e. The average Bonchev–Trinajstić information content (AvgIpc) is 3.28. The predicted octanol–water partition coefficient (Wildman–Crippen LogP) is 4.96. The molecule has 1 amide bonds. The van der Waals surface area contributed by atoms with Crippen LogP contribution < -0.4 is 9.64 Å². The van der Waals surface area contributed by atoms with Gasteiger partial charge in [-0.3, -0.25) is 14.9 Å². The zero-order valence-electron chi connectivity index (χ0n) is 17.6. The van der Waals surface area contributed by atoms with Gasteiger partial charge in [0.1, 0.15) is 11.5 Å². The Labute approximate surface area is 193 Å². The van der Waals surface area contributed by atoms with Crippen LogP contribution in [0.1, 0.15) is 10.4 Å². The summed E-state index contributed by atoms with van der Waals surface area (Å²) in [6.07, 6.45) is 0. The third-order valence-corrected chi connectivity index (χ3v) is 6.55. The first-order valence-electron chi connectivity index (χ1n) is 10.5. The Hall–Kier alpha value is -3.98. The standard InChI is InChI=1S/C24H20N4O4S/c29-23(17-5-4-8-20(15-17)32-19-6-2-1-3-7-19)26-11-13-27(14-12-26)24-25-21-10-9-18(28(30)31)16-22(21)33-24/h1-10,15-16H,11-14H2. The first-order valence-corrected chi connectivity index (χ1v) is 11.3. The summed E-state index contributed by atoms with van der Waals surface area (Å²) >= 11 is 1.43. The molecule has 0 aliphatic carbocycles. The van der Waals surface area contributed by atoms with E-state index in [-0.39, 0.29) is 11.6 Å².